The van der Waals surface area contributed by atoms with Crippen molar-refractivity contribution >= 4 is 10.0 Å². The van der Waals surface area contributed by atoms with E-state index in [0.717, 1.165) is 0 Å². The molecule has 0 aliphatic carbocycles. The summed E-state index contributed by atoms with van der Waals surface area (Å²) in [5.74, 6) is 0. The van der Waals surface area contributed by atoms with Crippen molar-refractivity contribution in [1.82, 2.24) is 10.0 Å². The summed E-state index contributed by atoms with van der Waals surface area (Å²) in [7, 11) is -0.0176. The Labute approximate surface area is 92.6 Å². The molecule has 0 radical (unpaired) electrons. The predicted octanol–water partition coefficient (Wildman–Crippen LogP) is -0.0613. The number of nitrogens with one attached hydrogen (secondary N) is 2. The summed E-state index contributed by atoms with van der Waals surface area (Å²) in [4.78, 5) is 0. The maximum atomic E-state index is 11.8. The summed E-state index contributed by atoms with van der Waals surface area (Å²) in [6.07, 6.45) is 0. The quantitative estimate of drug-likeness (QED) is 0.652. The van der Waals surface area contributed by atoms with Crippen LogP contribution in [0.3, 0.4) is 0 Å². The minimum Gasteiger partial charge on any atom is -0.383 e. The van der Waals surface area contributed by atoms with Crippen molar-refractivity contribution in [2.24, 2.45) is 0 Å². The highest BCUT2D eigenvalue weighted by atomic mass is 32.2. The first kappa shape index (κ1) is 14.8. The molecule has 0 saturated carbocycles. The number of ether oxygens (including phenoxy) is 1. The molecule has 1 unspecified atom stereocenters. The Morgan fingerprint density at radius 2 is 1.93 bits per heavy atom. The van der Waals surface area contributed by atoms with E-state index >= 15 is 0 Å². The third-order valence-electron chi connectivity index (χ3n) is 1.95. The lowest BCUT2D eigenvalue weighted by Crippen LogP contribution is -2.50. The summed E-state index contributed by atoms with van der Waals surface area (Å²) in [6, 6.07) is 0. The fraction of sp³-hybridized carbons (Fsp3) is 1.00. The Balaban J connectivity index is 4.49. The predicted molar refractivity (Wildman–Crippen MR) is 61.4 cm³/mol. The van der Waals surface area contributed by atoms with E-state index in [-0.39, 0.29) is 0 Å². The molecule has 15 heavy (non-hydrogen) atoms. The zero-order valence-corrected chi connectivity index (χ0v) is 10.9. The van der Waals surface area contributed by atoms with Crippen molar-refractivity contribution < 1.29 is 13.2 Å². The van der Waals surface area contributed by atoms with Gasteiger partial charge in [0.25, 0.3) is 0 Å². The topological polar surface area (TPSA) is 67.4 Å². The highest BCUT2D eigenvalue weighted by Gasteiger charge is 2.28. The SMILES string of the molecule is CNCC(C)S(=O)(=O)NC(C)(C)COC. The highest BCUT2D eigenvalue weighted by molar-refractivity contribution is 7.90. The van der Waals surface area contributed by atoms with Crippen molar-refractivity contribution in [2.75, 3.05) is 27.3 Å². The number of sulfonamides is 1. The molecule has 1 atom stereocenters. The van der Waals surface area contributed by atoms with Crippen molar-refractivity contribution in [2.45, 2.75) is 31.6 Å². The second kappa shape index (κ2) is 5.79. The average Bonchev–Trinajstić information content (AvgIpc) is 2.01. The van der Waals surface area contributed by atoms with E-state index in [1.165, 1.54) is 0 Å². The molecule has 0 fully saturated rings. The molecule has 0 bridgehead atoms. The molecule has 0 saturated heterocycles. The summed E-state index contributed by atoms with van der Waals surface area (Å²) in [5.41, 5.74) is -0.574. The molecule has 6 heteroatoms. The van der Waals surface area contributed by atoms with Crippen LogP contribution in [0.15, 0.2) is 0 Å². The van der Waals surface area contributed by atoms with Crippen molar-refractivity contribution in [3.05, 3.63) is 0 Å². The standard InChI is InChI=1S/C9H22N2O3S/c1-8(6-10-4)15(12,13)11-9(2,3)7-14-5/h8,10-11H,6-7H2,1-5H3. The average molecular weight is 238 g/mol. The Morgan fingerprint density at radius 1 is 1.40 bits per heavy atom. The van der Waals surface area contributed by atoms with Gasteiger partial charge in [-0.15, -0.1) is 0 Å². The van der Waals surface area contributed by atoms with Gasteiger partial charge in [0.05, 0.1) is 17.4 Å². The lowest BCUT2D eigenvalue weighted by Gasteiger charge is -2.27. The lowest BCUT2D eigenvalue weighted by molar-refractivity contribution is 0.141. The molecule has 0 aliphatic rings. The molecule has 0 aliphatic heterocycles. The molecule has 0 aromatic rings. The molecule has 0 spiro atoms. The van der Waals surface area contributed by atoms with Crippen LogP contribution in [-0.2, 0) is 14.8 Å². The van der Waals surface area contributed by atoms with Gasteiger partial charge in [0, 0.05) is 13.7 Å². The second-order valence-corrected chi connectivity index (χ2v) is 6.43. The van der Waals surface area contributed by atoms with Crippen molar-refractivity contribution in [3.63, 3.8) is 0 Å². The summed E-state index contributed by atoms with van der Waals surface area (Å²) >= 11 is 0. The van der Waals surface area contributed by atoms with Crippen LogP contribution in [0.1, 0.15) is 20.8 Å². The fourth-order valence-electron chi connectivity index (χ4n) is 1.27. The normalized spacial score (nSPS) is 15.3. The van der Waals surface area contributed by atoms with Gasteiger partial charge in [-0.25, -0.2) is 13.1 Å². The summed E-state index contributed by atoms with van der Waals surface area (Å²) in [5, 5.41) is 2.38. The lowest BCUT2D eigenvalue weighted by atomic mass is 10.1. The summed E-state index contributed by atoms with van der Waals surface area (Å²) in [6.45, 7) is 6.03. The smallest absolute Gasteiger partial charge is 0.216 e. The van der Waals surface area contributed by atoms with Crippen LogP contribution >= 0.6 is 0 Å². The van der Waals surface area contributed by atoms with E-state index in [2.05, 4.69) is 10.0 Å². The third kappa shape index (κ3) is 5.46. The van der Waals surface area contributed by atoms with E-state index < -0.39 is 20.8 Å². The molecular formula is C9H22N2O3S. The zero-order valence-electron chi connectivity index (χ0n) is 10.1. The molecule has 0 rings (SSSR count). The molecule has 92 valence electrons. The van der Waals surface area contributed by atoms with Crippen LogP contribution in [-0.4, -0.2) is 46.5 Å². The van der Waals surface area contributed by atoms with E-state index in [4.69, 9.17) is 4.74 Å². The van der Waals surface area contributed by atoms with Crippen LogP contribution in [0.4, 0.5) is 0 Å². The Hall–Kier alpha value is -0.170. The number of rotatable bonds is 7. The fourth-order valence-corrected chi connectivity index (χ4v) is 2.69. The number of hydrogen-bond donors (Lipinski definition) is 2. The second-order valence-electron chi connectivity index (χ2n) is 4.33. The van der Waals surface area contributed by atoms with E-state index in [1.54, 1.807) is 34.9 Å². The maximum absolute atomic E-state index is 11.8. The van der Waals surface area contributed by atoms with E-state index in [0.29, 0.717) is 13.2 Å². The first-order valence-corrected chi connectivity index (χ1v) is 6.46. The monoisotopic (exact) mass is 238 g/mol. The molecule has 5 nitrogen and oxygen atoms in total. The van der Waals surface area contributed by atoms with Crippen LogP contribution in [0, 0.1) is 0 Å². The van der Waals surface area contributed by atoms with Gasteiger partial charge in [0.1, 0.15) is 0 Å². The Kier molecular flexibility index (Phi) is 5.72. The van der Waals surface area contributed by atoms with Crippen LogP contribution in [0.2, 0.25) is 0 Å². The Bertz CT molecular complexity index is 275. The van der Waals surface area contributed by atoms with Crippen molar-refractivity contribution in [1.29, 1.82) is 0 Å². The van der Waals surface area contributed by atoms with Gasteiger partial charge in [-0.1, -0.05) is 0 Å². The van der Waals surface area contributed by atoms with Gasteiger partial charge in [0.2, 0.25) is 10.0 Å². The third-order valence-corrected chi connectivity index (χ3v) is 4.01. The largest absolute Gasteiger partial charge is 0.383 e. The van der Waals surface area contributed by atoms with Gasteiger partial charge in [-0.05, 0) is 27.8 Å². The maximum Gasteiger partial charge on any atom is 0.216 e. The first-order chi connectivity index (χ1) is 6.75. The van der Waals surface area contributed by atoms with Crippen LogP contribution in [0.5, 0.6) is 0 Å². The highest BCUT2D eigenvalue weighted by Crippen LogP contribution is 2.08. The van der Waals surface area contributed by atoms with Gasteiger partial charge >= 0.3 is 0 Å². The van der Waals surface area contributed by atoms with Crippen LogP contribution < -0.4 is 10.0 Å². The zero-order chi connectivity index (χ0) is 12.1. The molecule has 0 heterocycles. The van der Waals surface area contributed by atoms with Crippen molar-refractivity contribution in [3.8, 4) is 0 Å². The molecule has 0 amide bonds. The van der Waals surface area contributed by atoms with Crippen LogP contribution in [0.25, 0.3) is 0 Å². The summed E-state index contributed by atoms with van der Waals surface area (Å²) < 4.78 is 31.2. The molecule has 2 N–H and O–H groups in total. The van der Waals surface area contributed by atoms with Gasteiger partial charge < -0.3 is 10.1 Å². The minimum absolute atomic E-state index is 0.346. The van der Waals surface area contributed by atoms with E-state index in [1.807, 2.05) is 0 Å². The van der Waals surface area contributed by atoms with E-state index in [9.17, 15) is 8.42 Å². The Morgan fingerprint density at radius 3 is 2.33 bits per heavy atom. The number of methoxy groups -OCH3 is 1. The first-order valence-electron chi connectivity index (χ1n) is 4.91. The van der Waals surface area contributed by atoms with Gasteiger partial charge in [0.15, 0.2) is 0 Å². The minimum atomic E-state index is -3.29. The molecule has 0 aromatic carbocycles. The van der Waals surface area contributed by atoms with Gasteiger partial charge in [-0.3, -0.25) is 0 Å². The molecule has 0 aromatic heterocycles. The number of hydrogen-bond acceptors (Lipinski definition) is 4. The van der Waals surface area contributed by atoms with Gasteiger partial charge in [-0.2, -0.15) is 0 Å². The molecular weight excluding hydrogens is 216 g/mol.